The number of hydrogen-bond donors (Lipinski definition) is 1. The monoisotopic (exact) mass is 352 g/mol. The minimum Gasteiger partial charge on any atom is -0.441 e. The van der Waals surface area contributed by atoms with Crippen LogP contribution in [0.25, 0.3) is 11.3 Å². The number of rotatable bonds is 8. The van der Waals surface area contributed by atoms with Gasteiger partial charge in [0.05, 0.1) is 6.20 Å². The third-order valence-electron chi connectivity index (χ3n) is 4.06. The summed E-state index contributed by atoms with van der Waals surface area (Å²) in [6.45, 7) is 0.653. The highest BCUT2D eigenvalue weighted by molar-refractivity contribution is 5.76. The van der Waals surface area contributed by atoms with Crippen LogP contribution < -0.4 is 5.32 Å². The van der Waals surface area contributed by atoms with Gasteiger partial charge in [-0.1, -0.05) is 30.3 Å². The van der Waals surface area contributed by atoms with E-state index in [2.05, 4.69) is 22.4 Å². The van der Waals surface area contributed by atoms with Crippen LogP contribution in [0.1, 0.15) is 24.3 Å². The third-order valence-corrected chi connectivity index (χ3v) is 4.06. The number of carbonyl (C=O) groups excluding carboxylic acids is 1. The lowest BCUT2D eigenvalue weighted by Gasteiger charge is -2.04. The van der Waals surface area contributed by atoms with E-state index in [-0.39, 0.29) is 11.7 Å². The van der Waals surface area contributed by atoms with Crippen molar-refractivity contribution in [1.82, 2.24) is 10.3 Å². The van der Waals surface area contributed by atoms with Crippen molar-refractivity contribution < 1.29 is 13.6 Å². The van der Waals surface area contributed by atoms with Crippen LogP contribution in [0.3, 0.4) is 0 Å². The molecule has 3 aromatic rings. The number of nitrogens with one attached hydrogen (secondary N) is 1. The van der Waals surface area contributed by atoms with Crippen molar-refractivity contribution >= 4 is 5.91 Å². The van der Waals surface area contributed by atoms with E-state index in [9.17, 15) is 9.18 Å². The molecule has 0 saturated heterocycles. The van der Waals surface area contributed by atoms with Crippen molar-refractivity contribution in [2.75, 3.05) is 6.54 Å². The SMILES string of the molecule is O=C(CCc1ncc(-c2ccc(F)cc2)o1)NCCCc1ccccc1. The number of amides is 1. The van der Waals surface area contributed by atoms with Crippen LogP contribution in [0.15, 0.2) is 65.2 Å². The zero-order valence-electron chi connectivity index (χ0n) is 14.5. The molecule has 3 rings (SSSR count). The summed E-state index contributed by atoms with van der Waals surface area (Å²) in [5, 5.41) is 2.92. The number of nitrogens with zero attached hydrogens (tertiary/aromatic N) is 1. The van der Waals surface area contributed by atoms with Gasteiger partial charge in [-0.05, 0) is 42.7 Å². The summed E-state index contributed by atoms with van der Waals surface area (Å²) in [6, 6.07) is 16.2. The Kier molecular flexibility index (Phi) is 6.14. The van der Waals surface area contributed by atoms with E-state index in [1.807, 2.05) is 18.2 Å². The van der Waals surface area contributed by atoms with Gasteiger partial charge in [-0.2, -0.15) is 0 Å². The van der Waals surface area contributed by atoms with E-state index < -0.39 is 0 Å². The molecule has 0 atom stereocenters. The second-order valence-corrected chi connectivity index (χ2v) is 6.06. The van der Waals surface area contributed by atoms with Crippen molar-refractivity contribution in [2.45, 2.75) is 25.7 Å². The smallest absolute Gasteiger partial charge is 0.220 e. The largest absolute Gasteiger partial charge is 0.441 e. The normalized spacial score (nSPS) is 10.7. The molecule has 0 aliphatic carbocycles. The van der Waals surface area contributed by atoms with Crippen molar-refractivity contribution in [2.24, 2.45) is 0 Å². The topological polar surface area (TPSA) is 55.1 Å². The van der Waals surface area contributed by atoms with Crippen molar-refractivity contribution in [3.8, 4) is 11.3 Å². The van der Waals surface area contributed by atoms with Crippen LogP contribution >= 0.6 is 0 Å². The Morgan fingerprint density at radius 2 is 1.81 bits per heavy atom. The van der Waals surface area contributed by atoms with Gasteiger partial charge in [0, 0.05) is 24.9 Å². The van der Waals surface area contributed by atoms with Crippen LogP contribution in [-0.2, 0) is 17.6 Å². The number of halogens is 1. The molecule has 1 heterocycles. The van der Waals surface area contributed by atoms with Gasteiger partial charge in [0.15, 0.2) is 11.7 Å². The van der Waals surface area contributed by atoms with Gasteiger partial charge in [-0.25, -0.2) is 9.37 Å². The lowest BCUT2D eigenvalue weighted by Crippen LogP contribution is -2.25. The molecule has 1 aromatic heterocycles. The summed E-state index contributed by atoms with van der Waals surface area (Å²) in [6.07, 6.45) is 4.21. The molecule has 134 valence electrons. The predicted molar refractivity (Wildman–Crippen MR) is 98.0 cm³/mol. The van der Waals surface area contributed by atoms with Gasteiger partial charge < -0.3 is 9.73 Å². The number of hydrogen-bond acceptors (Lipinski definition) is 3. The average Bonchev–Trinajstić information content (AvgIpc) is 3.14. The lowest BCUT2D eigenvalue weighted by atomic mass is 10.1. The summed E-state index contributed by atoms with van der Waals surface area (Å²) in [7, 11) is 0. The first-order chi connectivity index (χ1) is 12.7. The maximum absolute atomic E-state index is 13.0. The summed E-state index contributed by atoms with van der Waals surface area (Å²) in [4.78, 5) is 16.1. The molecule has 0 bridgehead atoms. The number of carbonyl (C=O) groups is 1. The molecule has 0 aliphatic rings. The van der Waals surface area contributed by atoms with Crippen molar-refractivity contribution in [3.05, 3.63) is 78.1 Å². The molecular formula is C21H21FN2O2. The second-order valence-electron chi connectivity index (χ2n) is 6.06. The van der Waals surface area contributed by atoms with Gasteiger partial charge in [-0.3, -0.25) is 4.79 Å². The molecule has 5 heteroatoms. The Balaban J connectivity index is 1.38. The van der Waals surface area contributed by atoms with E-state index in [1.54, 1.807) is 18.3 Å². The summed E-state index contributed by atoms with van der Waals surface area (Å²) < 4.78 is 18.6. The second kappa shape index (κ2) is 8.94. The van der Waals surface area contributed by atoms with Gasteiger partial charge in [0.25, 0.3) is 0 Å². The molecule has 1 N–H and O–H groups in total. The number of aromatic nitrogens is 1. The molecule has 0 saturated carbocycles. The third kappa shape index (κ3) is 5.28. The van der Waals surface area contributed by atoms with E-state index in [0.717, 1.165) is 18.4 Å². The molecule has 2 aromatic carbocycles. The van der Waals surface area contributed by atoms with Gasteiger partial charge >= 0.3 is 0 Å². The number of oxazole rings is 1. The molecule has 1 amide bonds. The molecular weight excluding hydrogens is 331 g/mol. The highest BCUT2D eigenvalue weighted by Gasteiger charge is 2.09. The minimum absolute atomic E-state index is 0.0143. The zero-order chi connectivity index (χ0) is 18.2. The van der Waals surface area contributed by atoms with E-state index in [0.29, 0.717) is 31.0 Å². The van der Waals surface area contributed by atoms with Crippen LogP contribution in [0, 0.1) is 5.82 Å². The molecule has 0 spiro atoms. The van der Waals surface area contributed by atoms with Gasteiger partial charge in [0.1, 0.15) is 5.82 Å². The van der Waals surface area contributed by atoms with Crippen LogP contribution in [0.4, 0.5) is 4.39 Å². The minimum atomic E-state index is -0.294. The molecule has 26 heavy (non-hydrogen) atoms. The maximum Gasteiger partial charge on any atom is 0.220 e. The fraction of sp³-hybridized carbons (Fsp3) is 0.238. The molecule has 0 aliphatic heterocycles. The Hall–Kier alpha value is -2.95. The van der Waals surface area contributed by atoms with E-state index in [1.165, 1.54) is 17.7 Å². The van der Waals surface area contributed by atoms with Crippen molar-refractivity contribution in [1.29, 1.82) is 0 Å². The Morgan fingerprint density at radius 3 is 2.58 bits per heavy atom. The first-order valence-electron chi connectivity index (χ1n) is 8.72. The highest BCUT2D eigenvalue weighted by atomic mass is 19.1. The first-order valence-corrected chi connectivity index (χ1v) is 8.72. The van der Waals surface area contributed by atoms with Crippen LogP contribution in [0.5, 0.6) is 0 Å². The lowest BCUT2D eigenvalue weighted by molar-refractivity contribution is -0.121. The van der Waals surface area contributed by atoms with Gasteiger partial charge in [-0.15, -0.1) is 0 Å². The average molecular weight is 352 g/mol. The fourth-order valence-electron chi connectivity index (χ4n) is 2.65. The Morgan fingerprint density at radius 1 is 1.04 bits per heavy atom. The Labute approximate surface area is 152 Å². The fourth-order valence-corrected chi connectivity index (χ4v) is 2.65. The van der Waals surface area contributed by atoms with E-state index in [4.69, 9.17) is 4.42 Å². The molecule has 4 nitrogen and oxygen atoms in total. The maximum atomic E-state index is 13.0. The summed E-state index contributed by atoms with van der Waals surface area (Å²) >= 11 is 0. The Bertz CT molecular complexity index is 829. The van der Waals surface area contributed by atoms with Crippen molar-refractivity contribution in [3.63, 3.8) is 0 Å². The standard InChI is InChI=1S/C21H21FN2O2/c22-18-10-8-17(9-11-18)19-15-24-21(26-19)13-12-20(25)23-14-4-7-16-5-2-1-3-6-16/h1-3,5-6,8-11,15H,4,7,12-14H2,(H,23,25). The molecule has 0 unspecified atom stereocenters. The number of aryl methyl sites for hydroxylation is 2. The zero-order valence-corrected chi connectivity index (χ0v) is 14.5. The van der Waals surface area contributed by atoms with Crippen LogP contribution in [-0.4, -0.2) is 17.4 Å². The van der Waals surface area contributed by atoms with Gasteiger partial charge in [0.2, 0.25) is 5.91 Å². The van der Waals surface area contributed by atoms with Crippen LogP contribution in [0.2, 0.25) is 0 Å². The summed E-state index contributed by atoms with van der Waals surface area (Å²) in [5.74, 6) is 0.768. The molecule has 0 fully saturated rings. The highest BCUT2D eigenvalue weighted by Crippen LogP contribution is 2.21. The quantitative estimate of drug-likeness (QED) is 0.619. The summed E-state index contributed by atoms with van der Waals surface area (Å²) in [5.41, 5.74) is 2.03. The number of benzene rings is 2. The first kappa shape index (κ1) is 17.9. The van der Waals surface area contributed by atoms with E-state index >= 15 is 0 Å². The predicted octanol–water partition coefficient (Wildman–Crippen LogP) is 4.16. The molecule has 0 radical (unpaired) electrons.